The molecule has 0 fully saturated rings. The third kappa shape index (κ3) is 3.35. The minimum atomic E-state index is 0.743. The molecule has 0 bridgehead atoms. The zero-order chi connectivity index (χ0) is 14.8. The molecule has 0 saturated heterocycles. The van der Waals surface area contributed by atoms with Crippen LogP contribution in [0.25, 0.3) is 0 Å². The van der Waals surface area contributed by atoms with Crippen molar-refractivity contribution in [1.29, 1.82) is 0 Å². The first-order valence-corrected chi connectivity index (χ1v) is 8.32. The van der Waals surface area contributed by atoms with Crippen LogP contribution in [0.4, 0.5) is 11.4 Å². The molecule has 0 atom stereocenters. The van der Waals surface area contributed by atoms with Crippen LogP contribution in [0.2, 0.25) is 5.02 Å². The molecule has 110 valence electrons. The van der Waals surface area contributed by atoms with E-state index in [0.717, 1.165) is 28.3 Å². The third-order valence-electron chi connectivity index (χ3n) is 3.91. The Bertz CT molecular complexity index is 657. The second kappa shape index (κ2) is 6.29. The fourth-order valence-corrected chi connectivity index (χ4v) is 3.34. The average Bonchev–Trinajstić information content (AvgIpc) is 2.48. The summed E-state index contributed by atoms with van der Waals surface area (Å²) in [5.41, 5.74) is 5.15. The molecule has 0 aliphatic carbocycles. The maximum Gasteiger partial charge on any atom is 0.0502 e. The highest BCUT2D eigenvalue weighted by atomic mass is 79.9. The number of anilines is 2. The zero-order valence-electron chi connectivity index (χ0n) is 12.0. The van der Waals surface area contributed by atoms with Gasteiger partial charge in [0.05, 0.1) is 5.69 Å². The summed E-state index contributed by atoms with van der Waals surface area (Å²) in [7, 11) is 2.17. The van der Waals surface area contributed by atoms with Gasteiger partial charge in [-0.05, 0) is 64.2 Å². The molecule has 2 aromatic carbocycles. The second-order valence-electron chi connectivity index (χ2n) is 5.47. The number of hydrogen-bond acceptors (Lipinski definition) is 2. The number of nitrogens with one attached hydrogen (secondary N) is 1. The van der Waals surface area contributed by atoms with Crippen molar-refractivity contribution in [3.8, 4) is 0 Å². The molecule has 0 unspecified atom stereocenters. The van der Waals surface area contributed by atoms with Crippen molar-refractivity contribution in [2.45, 2.75) is 19.4 Å². The molecule has 0 saturated carbocycles. The van der Waals surface area contributed by atoms with Crippen LogP contribution in [0, 0.1) is 0 Å². The maximum atomic E-state index is 6.04. The lowest BCUT2D eigenvalue weighted by atomic mass is 9.99. The number of fused-ring (bicyclic) bond motifs is 1. The topological polar surface area (TPSA) is 15.3 Å². The van der Waals surface area contributed by atoms with E-state index >= 15 is 0 Å². The Hall–Kier alpha value is -1.19. The fourth-order valence-electron chi connectivity index (χ4n) is 2.78. The Morgan fingerprint density at radius 3 is 2.95 bits per heavy atom. The van der Waals surface area contributed by atoms with E-state index < -0.39 is 0 Å². The van der Waals surface area contributed by atoms with Gasteiger partial charge in [0.2, 0.25) is 0 Å². The third-order valence-corrected chi connectivity index (χ3v) is 4.83. The van der Waals surface area contributed by atoms with E-state index in [1.165, 1.54) is 29.7 Å². The average molecular weight is 366 g/mol. The van der Waals surface area contributed by atoms with Crippen molar-refractivity contribution in [3.05, 3.63) is 57.0 Å². The van der Waals surface area contributed by atoms with Gasteiger partial charge < -0.3 is 10.2 Å². The highest BCUT2D eigenvalue weighted by Gasteiger charge is 2.13. The molecule has 1 N–H and O–H groups in total. The van der Waals surface area contributed by atoms with Crippen molar-refractivity contribution < 1.29 is 0 Å². The Morgan fingerprint density at radius 2 is 2.10 bits per heavy atom. The van der Waals surface area contributed by atoms with Gasteiger partial charge in [0.25, 0.3) is 0 Å². The van der Waals surface area contributed by atoms with Crippen LogP contribution in [0.15, 0.2) is 40.9 Å². The highest BCUT2D eigenvalue weighted by Crippen LogP contribution is 2.29. The summed E-state index contributed by atoms with van der Waals surface area (Å²) in [6.45, 7) is 1.95. The number of aryl methyl sites for hydroxylation is 1. The van der Waals surface area contributed by atoms with Crippen LogP contribution in [0.1, 0.15) is 17.5 Å². The minimum absolute atomic E-state index is 0.743. The van der Waals surface area contributed by atoms with E-state index in [4.69, 9.17) is 11.6 Å². The number of halogens is 2. The van der Waals surface area contributed by atoms with E-state index in [1.54, 1.807) is 0 Å². The van der Waals surface area contributed by atoms with Gasteiger partial charge in [-0.1, -0.05) is 23.7 Å². The Balaban J connectivity index is 1.75. The summed E-state index contributed by atoms with van der Waals surface area (Å²) in [5.74, 6) is 0. The van der Waals surface area contributed by atoms with Gasteiger partial charge in [-0.15, -0.1) is 0 Å². The highest BCUT2D eigenvalue weighted by molar-refractivity contribution is 9.10. The summed E-state index contributed by atoms with van der Waals surface area (Å²) in [6.07, 6.45) is 2.41. The number of rotatable bonds is 3. The van der Waals surface area contributed by atoms with E-state index in [2.05, 4.69) is 51.4 Å². The molecular formula is C17H18BrClN2. The summed E-state index contributed by atoms with van der Waals surface area (Å²) in [4.78, 5) is 2.34. The number of hydrogen-bond donors (Lipinski definition) is 1. The maximum absolute atomic E-state index is 6.04. The molecule has 3 rings (SSSR count). The first-order valence-electron chi connectivity index (χ1n) is 7.15. The molecule has 4 heteroatoms. The molecule has 2 aromatic rings. The van der Waals surface area contributed by atoms with Crippen molar-refractivity contribution >= 4 is 38.9 Å². The van der Waals surface area contributed by atoms with E-state index in [0.29, 0.717) is 0 Å². The second-order valence-corrected chi connectivity index (χ2v) is 6.76. The number of nitrogens with zero attached hydrogens (tertiary/aromatic N) is 1. The van der Waals surface area contributed by atoms with E-state index in [-0.39, 0.29) is 0 Å². The summed E-state index contributed by atoms with van der Waals surface area (Å²) >= 11 is 9.59. The first kappa shape index (κ1) is 14.7. The van der Waals surface area contributed by atoms with Crippen molar-refractivity contribution in [3.63, 3.8) is 0 Å². The van der Waals surface area contributed by atoms with Gasteiger partial charge in [-0.2, -0.15) is 0 Å². The van der Waals surface area contributed by atoms with Gasteiger partial charge in [0.15, 0.2) is 0 Å². The van der Waals surface area contributed by atoms with Crippen molar-refractivity contribution in [2.24, 2.45) is 0 Å². The normalized spacial score (nSPS) is 14.0. The van der Waals surface area contributed by atoms with E-state index in [9.17, 15) is 0 Å². The molecule has 0 aromatic heterocycles. The molecule has 21 heavy (non-hydrogen) atoms. The molecule has 2 nitrogen and oxygen atoms in total. The Kier molecular flexibility index (Phi) is 4.41. The lowest BCUT2D eigenvalue weighted by Gasteiger charge is -2.28. The van der Waals surface area contributed by atoms with Crippen molar-refractivity contribution in [1.82, 2.24) is 0 Å². The van der Waals surface area contributed by atoms with Gasteiger partial charge >= 0.3 is 0 Å². The SMILES string of the molecule is CN1CCCc2cc(CNc3cc(Cl)ccc3Br)ccc21. The first-order chi connectivity index (χ1) is 10.1. The van der Waals surface area contributed by atoms with Crippen LogP contribution in [0.3, 0.4) is 0 Å². The van der Waals surface area contributed by atoms with Crippen LogP contribution >= 0.6 is 27.5 Å². The summed E-state index contributed by atoms with van der Waals surface area (Å²) < 4.78 is 1.03. The Labute approximate surface area is 139 Å². The molecule has 0 spiro atoms. The zero-order valence-corrected chi connectivity index (χ0v) is 14.3. The monoisotopic (exact) mass is 364 g/mol. The molecule has 1 aliphatic heterocycles. The predicted molar refractivity (Wildman–Crippen MR) is 94.5 cm³/mol. The molecule has 1 heterocycles. The number of benzene rings is 2. The molecule has 0 amide bonds. The quantitative estimate of drug-likeness (QED) is 0.814. The largest absolute Gasteiger partial charge is 0.380 e. The van der Waals surface area contributed by atoms with Crippen LogP contribution in [0.5, 0.6) is 0 Å². The van der Waals surface area contributed by atoms with Gasteiger partial charge in [0.1, 0.15) is 0 Å². The lowest BCUT2D eigenvalue weighted by molar-refractivity contribution is 0.743. The summed E-state index contributed by atoms with van der Waals surface area (Å²) in [6, 6.07) is 12.5. The van der Waals surface area contributed by atoms with Crippen LogP contribution < -0.4 is 10.2 Å². The molecule has 1 aliphatic rings. The van der Waals surface area contributed by atoms with Gasteiger partial charge in [-0.3, -0.25) is 0 Å². The van der Waals surface area contributed by atoms with Gasteiger partial charge in [0, 0.05) is 35.3 Å². The molecular weight excluding hydrogens is 348 g/mol. The smallest absolute Gasteiger partial charge is 0.0502 e. The van der Waals surface area contributed by atoms with Crippen LogP contribution in [-0.2, 0) is 13.0 Å². The van der Waals surface area contributed by atoms with E-state index in [1.807, 2.05) is 18.2 Å². The Morgan fingerprint density at radius 1 is 1.24 bits per heavy atom. The van der Waals surface area contributed by atoms with Crippen molar-refractivity contribution in [2.75, 3.05) is 23.8 Å². The van der Waals surface area contributed by atoms with Gasteiger partial charge in [-0.25, -0.2) is 0 Å². The summed E-state index contributed by atoms with van der Waals surface area (Å²) in [5, 5.41) is 4.19. The van der Waals surface area contributed by atoms with Crippen LogP contribution in [-0.4, -0.2) is 13.6 Å². The predicted octanol–water partition coefficient (Wildman–Crippen LogP) is 5.10. The fraction of sp³-hybridized carbons (Fsp3) is 0.294. The minimum Gasteiger partial charge on any atom is -0.380 e. The molecule has 0 radical (unpaired) electrons. The standard InChI is InChI=1S/C17H18BrClN2/c1-21-8-2-3-13-9-12(4-7-17(13)21)11-20-16-10-14(19)5-6-15(16)18/h4-7,9-10,20H,2-3,8,11H2,1H3. The lowest BCUT2D eigenvalue weighted by Crippen LogP contribution is -2.24.